The summed E-state index contributed by atoms with van der Waals surface area (Å²) in [6, 6.07) is 18.9. The van der Waals surface area contributed by atoms with Crippen LogP contribution in [0.2, 0.25) is 0 Å². The highest BCUT2D eigenvalue weighted by atomic mass is 32.2. The lowest BCUT2D eigenvalue weighted by Gasteiger charge is -2.18. The third-order valence-corrected chi connectivity index (χ3v) is 6.76. The summed E-state index contributed by atoms with van der Waals surface area (Å²) in [6.45, 7) is 3.75. The molecule has 0 bridgehead atoms. The summed E-state index contributed by atoms with van der Waals surface area (Å²) in [7, 11) is -3.95. The number of fused-ring (bicyclic) bond motifs is 2. The number of non-ortho nitro benzene ring substituents is 1. The zero-order valence-electron chi connectivity index (χ0n) is 14.7. The fourth-order valence-corrected chi connectivity index (χ4v) is 5.22. The number of hydrogen-bond donors (Lipinski definition) is 0. The SMILES string of the molecule is C=CC(c1cccc2ccccc12)S(=O)(=O)n1ccc2c([N+](=O)[O-])cccc21. The molecular weight excluding hydrogens is 376 g/mol. The first-order valence-corrected chi connectivity index (χ1v) is 10.0. The van der Waals surface area contributed by atoms with E-state index in [4.69, 9.17) is 0 Å². The minimum Gasteiger partial charge on any atom is -0.258 e. The van der Waals surface area contributed by atoms with Gasteiger partial charge >= 0.3 is 0 Å². The number of nitrogens with zero attached hydrogens (tertiary/aromatic N) is 2. The van der Waals surface area contributed by atoms with Crippen LogP contribution in [-0.4, -0.2) is 17.3 Å². The maximum atomic E-state index is 13.5. The molecule has 0 N–H and O–H groups in total. The van der Waals surface area contributed by atoms with Crippen LogP contribution in [0.25, 0.3) is 21.7 Å². The summed E-state index contributed by atoms with van der Waals surface area (Å²) in [6.07, 6.45) is 2.74. The van der Waals surface area contributed by atoms with E-state index in [1.54, 1.807) is 12.1 Å². The first-order valence-electron chi connectivity index (χ1n) is 8.54. The van der Waals surface area contributed by atoms with Gasteiger partial charge in [-0.05, 0) is 28.5 Å². The Balaban J connectivity index is 1.94. The van der Waals surface area contributed by atoms with Crippen molar-refractivity contribution in [2.24, 2.45) is 0 Å². The van der Waals surface area contributed by atoms with Crippen LogP contribution in [0.5, 0.6) is 0 Å². The van der Waals surface area contributed by atoms with Gasteiger partial charge in [-0.25, -0.2) is 12.4 Å². The molecule has 1 heterocycles. The Morgan fingerprint density at radius 2 is 1.68 bits per heavy atom. The molecule has 0 amide bonds. The molecule has 0 aliphatic rings. The molecule has 0 aliphatic heterocycles. The molecule has 6 nitrogen and oxygen atoms in total. The smallest absolute Gasteiger partial charge is 0.258 e. The van der Waals surface area contributed by atoms with Crippen LogP contribution >= 0.6 is 0 Å². The van der Waals surface area contributed by atoms with Crippen LogP contribution in [0, 0.1) is 10.1 Å². The molecule has 0 radical (unpaired) electrons. The maximum absolute atomic E-state index is 13.5. The van der Waals surface area contributed by atoms with E-state index < -0.39 is 20.2 Å². The van der Waals surface area contributed by atoms with Gasteiger partial charge < -0.3 is 0 Å². The predicted octanol–water partition coefficient (Wildman–Crippen LogP) is 4.81. The fraction of sp³-hybridized carbons (Fsp3) is 0.0476. The summed E-state index contributed by atoms with van der Waals surface area (Å²) in [5, 5.41) is 12.3. The lowest BCUT2D eigenvalue weighted by atomic mass is 10.0. The Bertz CT molecular complexity index is 1330. The molecule has 28 heavy (non-hydrogen) atoms. The molecule has 1 atom stereocenters. The Hall–Kier alpha value is -3.45. The van der Waals surface area contributed by atoms with Crippen molar-refractivity contribution in [2.45, 2.75) is 5.25 Å². The number of nitro groups is 1. The van der Waals surface area contributed by atoms with Crippen molar-refractivity contribution in [1.29, 1.82) is 0 Å². The average Bonchev–Trinajstić information content (AvgIpc) is 3.13. The quantitative estimate of drug-likeness (QED) is 0.277. The van der Waals surface area contributed by atoms with Crippen LogP contribution in [-0.2, 0) is 10.0 Å². The zero-order chi connectivity index (χ0) is 19.9. The summed E-state index contributed by atoms with van der Waals surface area (Å²) in [4.78, 5) is 10.7. The summed E-state index contributed by atoms with van der Waals surface area (Å²) in [5.41, 5.74) is 0.744. The molecular formula is C21H16N2O4S. The molecule has 0 spiro atoms. The van der Waals surface area contributed by atoms with E-state index >= 15 is 0 Å². The fourth-order valence-electron chi connectivity index (χ4n) is 3.54. The van der Waals surface area contributed by atoms with Gasteiger partial charge in [0.2, 0.25) is 10.0 Å². The van der Waals surface area contributed by atoms with Gasteiger partial charge in [0.25, 0.3) is 5.69 Å². The standard InChI is InChI=1S/C21H16N2O4S/c1-2-21(17-10-5-8-15-7-3-4-9-16(15)17)28(26,27)22-14-13-18-19(22)11-6-12-20(18)23(24)25/h2-14,21H,1H2. The molecule has 4 aromatic rings. The van der Waals surface area contributed by atoms with Crippen LogP contribution in [0.1, 0.15) is 10.8 Å². The van der Waals surface area contributed by atoms with E-state index in [2.05, 4.69) is 6.58 Å². The molecule has 0 saturated carbocycles. The maximum Gasteiger partial charge on any atom is 0.278 e. The Labute approximate surface area is 161 Å². The minimum atomic E-state index is -3.95. The van der Waals surface area contributed by atoms with E-state index in [-0.39, 0.29) is 16.6 Å². The van der Waals surface area contributed by atoms with E-state index in [9.17, 15) is 18.5 Å². The molecule has 0 fully saturated rings. The Kier molecular flexibility index (Phi) is 4.24. The normalized spacial score (nSPS) is 12.9. The lowest BCUT2D eigenvalue weighted by molar-refractivity contribution is -0.383. The molecule has 1 unspecified atom stereocenters. The van der Waals surface area contributed by atoms with E-state index in [0.29, 0.717) is 5.56 Å². The van der Waals surface area contributed by atoms with Gasteiger partial charge in [-0.1, -0.05) is 54.6 Å². The lowest BCUT2D eigenvalue weighted by Crippen LogP contribution is -2.19. The monoisotopic (exact) mass is 392 g/mol. The third kappa shape index (κ3) is 2.68. The summed E-state index contributed by atoms with van der Waals surface area (Å²) in [5.74, 6) is 0. The third-order valence-electron chi connectivity index (χ3n) is 4.81. The Morgan fingerprint density at radius 3 is 2.43 bits per heavy atom. The molecule has 1 aromatic heterocycles. The van der Waals surface area contributed by atoms with Gasteiger partial charge in [0, 0.05) is 12.3 Å². The van der Waals surface area contributed by atoms with E-state index in [1.807, 2.05) is 36.4 Å². The minimum absolute atomic E-state index is 0.133. The van der Waals surface area contributed by atoms with Crippen molar-refractivity contribution < 1.29 is 13.3 Å². The molecule has 7 heteroatoms. The number of rotatable bonds is 5. The van der Waals surface area contributed by atoms with Gasteiger partial charge in [-0.2, -0.15) is 0 Å². The highest BCUT2D eigenvalue weighted by molar-refractivity contribution is 7.90. The van der Waals surface area contributed by atoms with Gasteiger partial charge in [0.05, 0.1) is 15.8 Å². The van der Waals surface area contributed by atoms with Crippen molar-refractivity contribution >= 4 is 37.4 Å². The first kappa shape index (κ1) is 17.9. The molecule has 3 aromatic carbocycles. The molecule has 0 aliphatic carbocycles. The van der Waals surface area contributed by atoms with Crippen molar-refractivity contribution in [2.75, 3.05) is 0 Å². The topological polar surface area (TPSA) is 82.2 Å². The van der Waals surface area contributed by atoms with Crippen LogP contribution in [0.3, 0.4) is 0 Å². The molecule has 4 rings (SSSR count). The second kappa shape index (κ2) is 6.61. The van der Waals surface area contributed by atoms with E-state index in [0.717, 1.165) is 14.7 Å². The van der Waals surface area contributed by atoms with Gasteiger partial charge in [-0.15, -0.1) is 6.58 Å². The highest BCUT2D eigenvalue weighted by Crippen LogP contribution is 2.35. The van der Waals surface area contributed by atoms with Crippen molar-refractivity contribution in [3.05, 3.63) is 101 Å². The molecule has 0 saturated heterocycles. The van der Waals surface area contributed by atoms with Gasteiger partial charge in [-0.3, -0.25) is 10.1 Å². The number of aromatic nitrogens is 1. The number of nitro benzene ring substituents is 1. The summed E-state index contributed by atoms with van der Waals surface area (Å²) < 4.78 is 28.1. The average molecular weight is 392 g/mol. The Morgan fingerprint density at radius 1 is 0.964 bits per heavy atom. The second-order valence-electron chi connectivity index (χ2n) is 6.35. The van der Waals surface area contributed by atoms with Crippen molar-refractivity contribution in [3.8, 4) is 0 Å². The zero-order valence-corrected chi connectivity index (χ0v) is 15.5. The largest absolute Gasteiger partial charge is 0.278 e. The number of benzene rings is 3. The van der Waals surface area contributed by atoms with Crippen molar-refractivity contribution in [1.82, 2.24) is 3.97 Å². The van der Waals surface area contributed by atoms with Crippen LogP contribution in [0.15, 0.2) is 85.6 Å². The predicted molar refractivity (Wildman–Crippen MR) is 110 cm³/mol. The molecule has 140 valence electrons. The van der Waals surface area contributed by atoms with Gasteiger partial charge in [0.1, 0.15) is 5.25 Å². The van der Waals surface area contributed by atoms with Gasteiger partial charge in [0.15, 0.2) is 0 Å². The highest BCUT2D eigenvalue weighted by Gasteiger charge is 2.29. The van der Waals surface area contributed by atoms with Crippen molar-refractivity contribution in [3.63, 3.8) is 0 Å². The van der Waals surface area contributed by atoms with Crippen LogP contribution in [0.4, 0.5) is 5.69 Å². The number of hydrogen-bond acceptors (Lipinski definition) is 4. The van der Waals surface area contributed by atoms with E-state index in [1.165, 1.54) is 30.5 Å². The second-order valence-corrected chi connectivity index (χ2v) is 8.28. The first-order chi connectivity index (χ1) is 13.4. The summed E-state index contributed by atoms with van der Waals surface area (Å²) >= 11 is 0. The van der Waals surface area contributed by atoms with Crippen LogP contribution < -0.4 is 0 Å².